The second-order valence-corrected chi connectivity index (χ2v) is 2.94. The van der Waals surface area contributed by atoms with Crippen LogP contribution in [0.4, 0.5) is 5.69 Å². The fraction of sp³-hybridized carbons (Fsp3) is 0. The van der Waals surface area contributed by atoms with E-state index in [1.54, 1.807) is 30.7 Å². The maximum atomic E-state index is 10.2. The van der Waals surface area contributed by atoms with Gasteiger partial charge in [-0.15, -0.1) is 0 Å². The van der Waals surface area contributed by atoms with Gasteiger partial charge in [0.05, 0.1) is 26.9 Å². The van der Waals surface area contributed by atoms with Gasteiger partial charge in [0, 0.05) is 0 Å². The van der Waals surface area contributed by atoms with Crippen molar-refractivity contribution in [2.24, 2.45) is 0 Å². The zero-order valence-electron chi connectivity index (χ0n) is 5.42. The highest BCUT2D eigenvalue weighted by Gasteiger charge is 2.04. The van der Waals surface area contributed by atoms with Crippen LogP contribution in [-0.2, 0) is 4.79 Å². The number of benzene rings is 1. The number of halogens is 2. The minimum atomic E-state index is 0.507. The van der Waals surface area contributed by atoms with E-state index < -0.39 is 0 Å². The lowest BCUT2D eigenvalue weighted by Crippen LogP contribution is -2.04. The van der Waals surface area contributed by atoms with E-state index in [4.69, 9.17) is 11.6 Å². The molecule has 0 aromatic heterocycles. The predicted octanol–water partition coefficient (Wildman–Crippen LogP) is 2.52. The number of para-hydroxylation sites is 1. The summed E-state index contributed by atoms with van der Waals surface area (Å²) in [4.78, 5) is 10.2. The molecule has 4 heteroatoms. The molecule has 0 saturated heterocycles. The van der Waals surface area contributed by atoms with Crippen LogP contribution in [0.5, 0.6) is 0 Å². The van der Waals surface area contributed by atoms with Crippen LogP contribution < -0.4 is 3.93 Å². The first-order valence-electron chi connectivity index (χ1n) is 2.84. The van der Waals surface area contributed by atoms with Gasteiger partial charge in [-0.2, -0.15) is 0 Å². The van der Waals surface area contributed by atoms with E-state index >= 15 is 0 Å². The van der Waals surface area contributed by atoms with Gasteiger partial charge in [-0.1, -0.05) is 23.7 Å². The number of hydrogen-bond donors (Lipinski definition) is 0. The predicted molar refractivity (Wildman–Crippen MR) is 48.6 cm³/mol. The first-order chi connectivity index (χ1) is 5.25. The minimum absolute atomic E-state index is 0.507. The molecule has 1 radical (unpaired) electrons. The molecule has 1 amide bonds. The number of hydrogen-bond acceptors (Lipinski definition) is 1. The largest absolute Gasteiger partial charge is 0.327 e. The van der Waals surface area contributed by atoms with E-state index in [9.17, 15) is 4.79 Å². The van der Waals surface area contributed by atoms with Crippen molar-refractivity contribution < 1.29 is 4.79 Å². The molecule has 2 nitrogen and oxygen atoms in total. The summed E-state index contributed by atoms with van der Waals surface area (Å²) in [5.41, 5.74) is 0.587. The number of anilines is 1. The summed E-state index contributed by atoms with van der Waals surface area (Å²) < 4.78 is 1.12. The highest BCUT2D eigenvalue weighted by molar-refractivity contribution is 9.10. The van der Waals surface area contributed by atoms with E-state index in [-0.39, 0.29) is 0 Å². The second-order valence-electron chi connectivity index (χ2n) is 1.82. The summed E-state index contributed by atoms with van der Waals surface area (Å²) in [5, 5.41) is 0.507. The molecular weight excluding hydrogens is 229 g/mol. The van der Waals surface area contributed by atoms with Crippen LogP contribution in [0.2, 0.25) is 5.02 Å². The molecule has 11 heavy (non-hydrogen) atoms. The lowest BCUT2D eigenvalue weighted by molar-refractivity contribution is 0.558. The van der Waals surface area contributed by atoms with Gasteiger partial charge < -0.3 is 0 Å². The van der Waals surface area contributed by atoms with Gasteiger partial charge in [0.1, 0.15) is 0 Å². The van der Waals surface area contributed by atoms with Gasteiger partial charge >= 0.3 is 6.41 Å². The van der Waals surface area contributed by atoms with Crippen molar-refractivity contribution >= 4 is 39.8 Å². The SMILES string of the molecule is O=[C]N(Br)c1ccccc1Cl. The van der Waals surface area contributed by atoms with Crippen LogP contribution in [0.1, 0.15) is 0 Å². The summed E-state index contributed by atoms with van der Waals surface area (Å²) in [6.07, 6.45) is 1.64. The van der Waals surface area contributed by atoms with Gasteiger partial charge in [0.25, 0.3) is 0 Å². The molecule has 0 unspecified atom stereocenters. The Hall–Kier alpha value is -0.540. The van der Waals surface area contributed by atoms with Crippen molar-refractivity contribution in [3.63, 3.8) is 0 Å². The Bertz CT molecular complexity index is 266. The van der Waals surface area contributed by atoms with Gasteiger partial charge in [-0.25, -0.2) is 3.93 Å². The number of carbonyl (C=O) groups excluding carboxylic acids is 1. The number of amides is 1. The normalized spacial score (nSPS) is 9.27. The first kappa shape index (κ1) is 8.56. The summed E-state index contributed by atoms with van der Waals surface area (Å²) in [6.45, 7) is 0. The molecule has 0 aliphatic heterocycles. The molecule has 0 bridgehead atoms. The van der Waals surface area contributed by atoms with Gasteiger partial charge in [0.2, 0.25) is 0 Å². The van der Waals surface area contributed by atoms with E-state index in [2.05, 4.69) is 16.1 Å². The van der Waals surface area contributed by atoms with Crippen LogP contribution in [0.3, 0.4) is 0 Å². The summed E-state index contributed by atoms with van der Waals surface area (Å²) >= 11 is 8.71. The average Bonchev–Trinajstić information content (AvgIpc) is 2.04. The van der Waals surface area contributed by atoms with Gasteiger partial charge in [0.15, 0.2) is 0 Å². The summed E-state index contributed by atoms with van der Waals surface area (Å²) in [5.74, 6) is 0. The highest BCUT2D eigenvalue weighted by atomic mass is 79.9. The van der Waals surface area contributed by atoms with Gasteiger partial charge in [-0.3, -0.25) is 4.79 Å². The van der Waals surface area contributed by atoms with Crippen LogP contribution in [-0.4, -0.2) is 6.41 Å². The molecule has 0 aliphatic carbocycles. The fourth-order valence-corrected chi connectivity index (χ4v) is 1.29. The molecule has 1 aromatic carbocycles. The molecule has 0 N–H and O–H groups in total. The van der Waals surface area contributed by atoms with Crippen LogP contribution in [0, 0.1) is 0 Å². The van der Waals surface area contributed by atoms with Crippen molar-refractivity contribution in [2.75, 3.05) is 3.93 Å². The van der Waals surface area contributed by atoms with Crippen molar-refractivity contribution in [3.8, 4) is 0 Å². The Balaban J connectivity index is 3.02. The Morgan fingerprint density at radius 2 is 2.09 bits per heavy atom. The molecule has 0 spiro atoms. The third-order valence-corrected chi connectivity index (χ3v) is 1.99. The Morgan fingerprint density at radius 1 is 1.45 bits per heavy atom. The standard InChI is InChI=1S/C7H4BrClNO/c8-10(5-11)7-4-2-1-3-6(7)9/h1-4H. The molecule has 0 atom stereocenters. The zero-order valence-corrected chi connectivity index (χ0v) is 7.76. The average molecular weight is 233 g/mol. The van der Waals surface area contributed by atoms with Crippen LogP contribution in [0.25, 0.3) is 0 Å². The molecule has 0 saturated carbocycles. The highest BCUT2D eigenvalue weighted by Crippen LogP contribution is 2.25. The lowest BCUT2D eigenvalue weighted by Gasteiger charge is -2.07. The van der Waals surface area contributed by atoms with Crippen LogP contribution >= 0.6 is 27.7 Å². The first-order valence-corrected chi connectivity index (χ1v) is 3.92. The summed E-state index contributed by atoms with van der Waals surface area (Å²) in [6, 6.07) is 6.98. The molecule has 0 aliphatic rings. The van der Waals surface area contributed by atoms with E-state index in [1.165, 1.54) is 0 Å². The van der Waals surface area contributed by atoms with Gasteiger partial charge in [-0.05, 0) is 12.1 Å². The van der Waals surface area contributed by atoms with Crippen molar-refractivity contribution in [2.45, 2.75) is 0 Å². The van der Waals surface area contributed by atoms with Crippen molar-refractivity contribution in [3.05, 3.63) is 29.3 Å². The number of rotatable bonds is 2. The molecular formula is C7H4BrClNO. The quantitative estimate of drug-likeness (QED) is 0.568. The van der Waals surface area contributed by atoms with E-state index in [1.807, 2.05) is 0 Å². The minimum Gasteiger partial charge on any atom is -0.262 e. The monoisotopic (exact) mass is 232 g/mol. The number of nitrogens with zero attached hydrogens (tertiary/aromatic N) is 1. The Labute approximate surface area is 78.1 Å². The molecule has 0 fully saturated rings. The molecule has 57 valence electrons. The van der Waals surface area contributed by atoms with Crippen LogP contribution in [0.15, 0.2) is 24.3 Å². The second kappa shape index (κ2) is 3.74. The molecule has 0 heterocycles. The smallest absolute Gasteiger partial charge is 0.262 e. The zero-order chi connectivity index (χ0) is 8.27. The molecule has 1 rings (SSSR count). The Kier molecular flexibility index (Phi) is 2.91. The topological polar surface area (TPSA) is 20.3 Å². The summed E-state index contributed by atoms with van der Waals surface area (Å²) in [7, 11) is 0. The van der Waals surface area contributed by atoms with Crippen molar-refractivity contribution in [1.29, 1.82) is 0 Å². The third kappa shape index (κ3) is 1.94. The van der Waals surface area contributed by atoms with E-state index in [0.29, 0.717) is 10.7 Å². The van der Waals surface area contributed by atoms with E-state index in [0.717, 1.165) is 3.93 Å². The lowest BCUT2D eigenvalue weighted by atomic mass is 10.3. The third-order valence-electron chi connectivity index (χ3n) is 1.14. The maximum absolute atomic E-state index is 10.2. The fourth-order valence-electron chi connectivity index (χ4n) is 0.660. The Morgan fingerprint density at radius 3 is 2.64 bits per heavy atom. The molecule has 1 aromatic rings. The maximum Gasteiger partial charge on any atom is 0.327 e. The van der Waals surface area contributed by atoms with Crippen molar-refractivity contribution in [1.82, 2.24) is 0 Å².